The normalized spacial score (nSPS) is 13.7. The van der Waals surface area contributed by atoms with Gasteiger partial charge < -0.3 is 15.5 Å². The first-order chi connectivity index (χ1) is 12.6. The lowest BCUT2D eigenvalue weighted by Gasteiger charge is -2.24. The molecule has 2 rings (SSSR count). The number of phosphoric ester groups is 1. The van der Waals surface area contributed by atoms with Gasteiger partial charge in [0.25, 0.3) is 0 Å². The van der Waals surface area contributed by atoms with E-state index in [4.69, 9.17) is 15.5 Å². The molecule has 0 aliphatic heterocycles. The predicted octanol–water partition coefficient (Wildman–Crippen LogP) is 3.96. The Morgan fingerprint density at radius 3 is 2.63 bits per heavy atom. The van der Waals surface area contributed by atoms with Crippen LogP contribution >= 0.6 is 30.9 Å². The van der Waals surface area contributed by atoms with Crippen LogP contribution in [-0.4, -0.2) is 27.7 Å². The lowest BCUT2D eigenvalue weighted by Crippen LogP contribution is -2.41. The third kappa shape index (κ3) is 9.09. The van der Waals surface area contributed by atoms with Crippen LogP contribution in [-0.2, 0) is 15.5 Å². The van der Waals surface area contributed by atoms with Crippen LogP contribution < -0.4 is 5.73 Å². The van der Waals surface area contributed by atoms with Crippen LogP contribution in [0.3, 0.4) is 0 Å². The molecule has 0 fully saturated rings. The molecule has 8 heteroatoms. The molecular weight excluding hydrogens is 401 g/mol. The van der Waals surface area contributed by atoms with E-state index in [2.05, 4.69) is 47.6 Å². The molecule has 1 unspecified atom stereocenters. The molecule has 0 aliphatic rings. The lowest BCUT2D eigenvalue weighted by atomic mass is 9.98. The highest BCUT2D eigenvalue weighted by molar-refractivity contribution is 7.99. The number of rotatable bonds is 8. The van der Waals surface area contributed by atoms with Crippen molar-refractivity contribution in [2.45, 2.75) is 37.1 Å². The summed E-state index contributed by atoms with van der Waals surface area (Å²) in [6.07, 6.45) is 1.27. The summed E-state index contributed by atoms with van der Waals surface area (Å²) in [5, 5.41) is 0. The van der Waals surface area contributed by atoms with Crippen molar-refractivity contribution in [2.24, 2.45) is 5.73 Å². The molecule has 5 nitrogen and oxygen atoms in total. The number of nitrogens with two attached hydrogens (primary N) is 1. The average molecular weight is 426 g/mol. The van der Waals surface area contributed by atoms with Crippen LogP contribution in [0.1, 0.15) is 28.7 Å². The smallest absolute Gasteiger partial charge is 0.323 e. The Hall–Kier alpha value is -1.10. The van der Waals surface area contributed by atoms with Crippen LogP contribution in [0.25, 0.3) is 0 Å². The van der Waals surface area contributed by atoms with Gasteiger partial charge in [0.05, 0.1) is 17.2 Å². The second kappa shape index (κ2) is 9.90. The summed E-state index contributed by atoms with van der Waals surface area (Å²) in [5.74, 6) is 7.09. The molecule has 146 valence electrons. The minimum Gasteiger partial charge on any atom is -0.323 e. The maximum Gasteiger partial charge on any atom is 0.469 e. The quantitative estimate of drug-likeness (QED) is 0.337. The van der Waals surface area contributed by atoms with Crippen LogP contribution in [0.5, 0.6) is 0 Å². The zero-order valence-electron chi connectivity index (χ0n) is 15.3. The fourth-order valence-corrected chi connectivity index (χ4v) is 4.15. The summed E-state index contributed by atoms with van der Waals surface area (Å²) in [5.41, 5.74) is 6.49. The van der Waals surface area contributed by atoms with Crippen LogP contribution in [0.4, 0.5) is 0 Å². The van der Waals surface area contributed by atoms with Crippen molar-refractivity contribution < 1.29 is 18.9 Å². The minimum absolute atomic E-state index is 0.189. The Kier molecular flexibility index (Phi) is 8.14. The molecule has 1 aromatic heterocycles. The molecule has 0 bridgehead atoms. The van der Waals surface area contributed by atoms with Gasteiger partial charge in [-0.25, -0.2) is 4.57 Å². The Morgan fingerprint density at radius 2 is 1.96 bits per heavy atom. The summed E-state index contributed by atoms with van der Waals surface area (Å²) in [6, 6.07) is 12.4. The van der Waals surface area contributed by atoms with E-state index in [1.807, 2.05) is 12.1 Å². The fraction of sp³-hybridized carbons (Fsp3) is 0.368. The van der Waals surface area contributed by atoms with E-state index in [9.17, 15) is 4.57 Å². The van der Waals surface area contributed by atoms with Crippen molar-refractivity contribution in [1.29, 1.82) is 0 Å². The molecule has 0 spiro atoms. The number of phosphoric acid groups is 1. The first-order valence-electron chi connectivity index (χ1n) is 8.39. The molecule has 1 aromatic carbocycles. The number of benzene rings is 1. The molecule has 0 aliphatic carbocycles. The van der Waals surface area contributed by atoms with Crippen LogP contribution in [0, 0.1) is 18.8 Å². The van der Waals surface area contributed by atoms with Gasteiger partial charge in [-0.2, -0.15) is 0 Å². The predicted molar refractivity (Wildman–Crippen MR) is 112 cm³/mol. The molecule has 0 radical (unpaired) electrons. The van der Waals surface area contributed by atoms with Gasteiger partial charge in [-0.05, 0) is 51.0 Å². The van der Waals surface area contributed by atoms with Crippen molar-refractivity contribution in [2.75, 3.05) is 12.4 Å². The van der Waals surface area contributed by atoms with E-state index in [0.717, 1.165) is 15.5 Å². The highest BCUT2D eigenvalue weighted by Gasteiger charge is 2.24. The Labute approximate surface area is 168 Å². The van der Waals surface area contributed by atoms with Crippen LogP contribution in [0.15, 0.2) is 41.3 Å². The maximum absolute atomic E-state index is 10.8. The SMILES string of the molecule is Cc1ccc(SCC#Cc2ccc(CCC(C)(N)COP(=O)(O)O)s2)cc1. The van der Waals surface area contributed by atoms with Gasteiger partial charge in [0, 0.05) is 15.3 Å². The van der Waals surface area contributed by atoms with Crippen molar-refractivity contribution in [3.8, 4) is 11.8 Å². The lowest BCUT2D eigenvalue weighted by molar-refractivity contribution is 0.154. The molecule has 2 aromatic rings. The van der Waals surface area contributed by atoms with Gasteiger partial charge in [0.15, 0.2) is 0 Å². The molecule has 27 heavy (non-hydrogen) atoms. The third-order valence-electron chi connectivity index (χ3n) is 3.71. The zero-order chi connectivity index (χ0) is 19.9. The average Bonchev–Trinajstić information content (AvgIpc) is 3.04. The minimum atomic E-state index is -4.49. The Morgan fingerprint density at radius 1 is 1.26 bits per heavy atom. The highest BCUT2D eigenvalue weighted by Crippen LogP contribution is 2.37. The molecular formula is C19H24NO4PS2. The van der Waals surface area contributed by atoms with Gasteiger partial charge in [-0.15, -0.1) is 23.1 Å². The summed E-state index contributed by atoms with van der Waals surface area (Å²) < 4.78 is 15.3. The van der Waals surface area contributed by atoms with E-state index in [0.29, 0.717) is 12.8 Å². The topological polar surface area (TPSA) is 92.8 Å². The van der Waals surface area contributed by atoms with E-state index >= 15 is 0 Å². The summed E-state index contributed by atoms with van der Waals surface area (Å²) in [7, 11) is -4.49. The first-order valence-corrected chi connectivity index (χ1v) is 11.7. The zero-order valence-corrected chi connectivity index (χ0v) is 17.9. The van der Waals surface area contributed by atoms with Crippen molar-refractivity contribution in [1.82, 2.24) is 0 Å². The number of aryl methyl sites for hydroxylation is 2. The summed E-state index contributed by atoms with van der Waals surface area (Å²) >= 11 is 3.33. The molecule has 4 N–H and O–H groups in total. The van der Waals surface area contributed by atoms with Gasteiger partial charge >= 0.3 is 7.82 Å². The van der Waals surface area contributed by atoms with E-state index < -0.39 is 13.4 Å². The summed E-state index contributed by atoms with van der Waals surface area (Å²) in [4.78, 5) is 20.9. The monoisotopic (exact) mass is 425 g/mol. The number of thioether (sulfide) groups is 1. The Balaban J connectivity index is 1.79. The van der Waals surface area contributed by atoms with Crippen molar-refractivity contribution >= 4 is 30.9 Å². The maximum atomic E-state index is 10.8. The van der Waals surface area contributed by atoms with E-state index in [1.165, 1.54) is 10.5 Å². The first kappa shape index (κ1) is 22.2. The number of thiophene rings is 1. The van der Waals surface area contributed by atoms with Gasteiger partial charge in [0.1, 0.15) is 0 Å². The fourth-order valence-electron chi connectivity index (χ4n) is 2.17. The second-order valence-corrected chi connectivity index (χ2v) is 10.0. The second-order valence-electron chi connectivity index (χ2n) is 6.59. The number of hydrogen-bond acceptors (Lipinski definition) is 5. The molecule has 0 saturated carbocycles. The van der Waals surface area contributed by atoms with Gasteiger partial charge in [0.2, 0.25) is 0 Å². The van der Waals surface area contributed by atoms with Crippen molar-refractivity contribution in [3.05, 3.63) is 51.7 Å². The van der Waals surface area contributed by atoms with Gasteiger partial charge in [-0.1, -0.05) is 29.5 Å². The Bertz CT molecular complexity index is 847. The standard InChI is InChI=1S/C19H24NO4PS2/c1-15-5-7-16(8-6-15)26-13-3-4-17-9-10-18(27-17)11-12-19(2,20)14-24-25(21,22)23/h5-10H,11-14,20H2,1-2H3,(H2,21,22,23). The number of hydrogen-bond donors (Lipinski definition) is 3. The van der Waals surface area contributed by atoms with Crippen molar-refractivity contribution in [3.63, 3.8) is 0 Å². The third-order valence-corrected chi connectivity index (χ3v) is 6.13. The van der Waals surface area contributed by atoms with Gasteiger partial charge in [-0.3, -0.25) is 4.52 Å². The molecule has 1 heterocycles. The van der Waals surface area contributed by atoms with E-state index in [-0.39, 0.29) is 6.61 Å². The molecule has 1 atom stereocenters. The van der Waals surface area contributed by atoms with E-state index in [1.54, 1.807) is 30.0 Å². The highest BCUT2D eigenvalue weighted by atomic mass is 32.2. The van der Waals surface area contributed by atoms with Crippen LogP contribution in [0.2, 0.25) is 0 Å². The molecule has 0 saturated heterocycles. The molecule has 0 amide bonds. The summed E-state index contributed by atoms with van der Waals surface area (Å²) in [6.45, 7) is 3.60. The largest absolute Gasteiger partial charge is 0.469 e.